The number of carbonyl (C=O) groups is 1. The van der Waals surface area contributed by atoms with E-state index in [9.17, 15) is 14.7 Å². The summed E-state index contributed by atoms with van der Waals surface area (Å²) >= 11 is 13.9. The van der Waals surface area contributed by atoms with Crippen molar-refractivity contribution in [1.29, 1.82) is 0 Å². The summed E-state index contributed by atoms with van der Waals surface area (Å²) in [5.74, 6) is -0.592. The number of aliphatic hydroxyl groups is 1. The van der Waals surface area contributed by atoms with Gasteiger partial charge in [-0.1, -0.05) is 26.8 Å². The van der Waals surface area contributed by atoms with E-state index < -0.39 is 32.3 Å². The molecule has 0 bridgehead atoms. The molecule has 6 nitrogen and oxygen atoms in total. The molecule has 0 amide bonds. The largest absolute Gasteiger partial charge is 0.431 e. The molecule has 1 aromatic heterocycles. The summed E-state index contributed by atoms with van der Waals surface area (Å²) in [4.78, 5) is 24.7. The molecular formula is C27H32Cl2O6. The first-order valence-corrected chi connectivity index (χ1v) is 13.2. The van der Waals surface area contributed by atoms with Gasteiger partial charge < -0.3 is 23.8 Å². The Bertz CT molecular complexity index is 1150. The topological polar surface area (TPSA) is 89.3 Å². The van der Waals surface area contributed by atoms with Crippen molar-refractivity contribution >= 4 is 29.5 Å². The molecule has 1 aromatic rings. The van der Waals surface area contributed by atoms with Crippen LogP contribution in [0.15, 0.2) is 39.3 Å². The van der Waals surface area contributed by atoms with Gasteiger partial charge in [0.05, 0.1) is 29.5 Å². The van der Waals surface area contributed by atoms with E-state index in [0.29, 0.717) is 24.8 Å². The van der Waals surface area contributed by atoms with E-state index in [-0.39, 0.29) is 42.0 Å². The van der Waals surface area contributed by atoms with Crippen LogP contribution in [0.25, 0.3) is 0 Å². The number of hydrogen-bond donors (Lipinski definition) is 1. The fraction of sp³-hybridized carbons (Fsp3) is 0.704. The van der Waals surface area contributed by atoms with Crippen LogP contribution in [-0.2, 0) is 14.3 Å². The number of aldehydes is 1. The van der Waals surface area contributed by atoms with E-state index in [4.69, 9.17) is 37.1 Å². The monoisotopic (exact) mass is 522 g/mol. The number of epoxide rings is 1. The van der Waals surface area contributed by atoms with Crippen LogP contribution < -0.4 is 5.63 Å². The number of methoxy groups -OCH3 is 1. The van der Waals surface area contributed by atoms with Gasteiger partial charge in [0.1, 0.15) is 16.7 Å². The van der Waals surface area contributed by atoms with Crippen molar-refractivity contribution in [3.05, 3.63) is 46.0 Å². The van der Waals surface area contributed by atoms with Gasteiger partial charge in [0.25, 0.3) is 0 Å². The average Bonchev–Trinajstić information content (AvgIpc) is 3.54. The molecule has 2 unspecified atom stereocenters. The van der Waals surface area contributed by atoms with Crippen molar-refractivity contribution in [2.75, 3.05) is 7.11 Å². The Labute approximate surface area is 214 Å². The van der Waals surface area contributed by atoms with Gasteiger partial charge in [0, 0.05) is 30.9 Å². The van der Waals surface area contributed by atoms with Gasteiger partial charge >= 0.3 is 5.63 Å². The zero-order valence-electron chi connectivity index (χ0n) is 20.4. The van der Waals surface area contributed by atoms with Crippen LogP contribution in [0.1, 0.15) is 57.9 Å². The molecule has 1 N–H and O–H groups in total. The molecule has 1 saturated heterocycles. The lowest BCUT2D eigenvalue weighted by Crippen LogP contribution is -2.64. The minimum atomic E-state index is -1.31. The Balaban J connectivity index is 1.48. The minimum absolute atomic E-state index is 0.0280. The highest BCUT2D eigenvalue weighted by Crippen LogP contribution is 2.75. The zero-order valence-corrected chi connectivity index (χ0v) is 21.9. The number of hydrogen-bond acceptors (Lipinski definition) is 6. The van der Waals surface area contributed by atoms with Gasteiger partial charge in [0.15, 0.2) is 0 Å². The molecule has 190 valence electrons. The number of fused-ring (bicyclic) bond motifs is 7. The van der Waals surface area contributed by atoms with Crippen molar-refractivity contribution in [2.24, 2.45) is 28.1 Å². The normalized spacial score (nSPS) is 48.6. The standard InChI is InChI=1S/C27H32Cl2O6/c1-23(2)17-7-6-16-15(25(17,13-30)22-19(35-22)21(23)33-4)9-10-24(3)20(14-5-8-18(31)34-11-14)27(28,29)12-26(16,24)32/h5-6,8,11,13,15,17,19-22,32H,7,9-10,12H2,1-4H3/t15?,17?,19-,20-,21+,22-,24-,25-,26+/m1/s1. The van der Waals surface area contributed by atoms with Crippen molar-refractivity contribution in [1.82, 2.24) is 0 Å². The maximum absolute atomic E-state index is 13.1. The number of rotatable bonds is 3. The fourth-order valence-electron chi connectivity index (χ4n) is 9.08. The summed E-state index contributed by atoms with van der Waals surface area (Å²) in [5, 5.41) is 12.5. The lowest BCUT2D eigenvalue weighted by atomic mass is 9.42. The van der Waals surface area contributed by atoms with E-state index >= 15 is 0 Å². The highest BCUT2D eigenvalue weighted by molar-refractivity contribution is 6.49. The molecule has 8 heteroatoms. The molecule has 4 aliphatic carbocycles. The molecule has 6 rings (SSSR count). The number of carbonyl (C=O) groups excluding carboxylic acids is 1. The zero-order chi connectivity index (χ0) is 25.2. The van der Waals surface area contributed by atoms with E-state index in [1.807, 2.05) is 6.92 Å². The Hall–Kier alpha value is -1.18. The number of alkyl halides is 2. The summed E-state index contributed by atoms with van der Waals surface area (Å²) < 4.78 is 15.9. The molecule has 0 spiro atoms. The van der Waals surface area contributed by atoms with Gasteiger partial charge in [-0.05, 0) is 53.7 Å². The Morgan fingerprint density at radius 3 is 2.60 bits per heavy atom. The van der Waals surface area contributed by atoms with Crippen molar-refractivity contribution in [2.45, 2.75) is 80.6 Å². The molecular weight excluding hydrogens is 491 g/mol. The first-order chi connectivity index (χ1) is 16.4. The third-order valence-electron chi connectivity index (χ3n) is 10.5. The van der Waals surface area contributed by atoms with Crippen LogP contribution in [0.5, 0.6) is 0 Å². The number of halogens is 2. The summed E-state index contributed by atoms with van der Waals surface area (Å²) in [5.41, 5.74) is -1.93. The molecule has 0 radical (unpaired) electrons. The van der Waals surface area contributed by atoms with Crippen LogP contribution >= 0.6 is 23.2 Å². The molecule has 3 saturated carbocycles. The quantitative estimate of drug-likeness (QED) is 0.274. The highest BCUT2D eigenvalue weighted by Gasteiger charge is 2.78. The van der Waals surface area contributed by atoms with E-state index in [1.165, 1.54) is 12.3 Å². The maximum Gasteiger partial charge on any atom is 0.335 e. The SMILES string of the molecule is CO[C@H]1[C@H]2O[C@H]2[C@]2(C=O)C3CC[C@]4(C)[C@@H](c5ccc(=O)oc5)C(Cl)(Cl)C[C@]4(O)C3=CCC2C1(C)C. The third-order valence-corrected chi connectivity index (χ3v) is 11.2. The molecule has 2 heterocycles. The van der Waals surface area contributed by atoms with Gasteiger partial charge in [-0.15, -0.1) is 23.2 Å². The Kier molecular flexibility index (Phi) is 4.99. The number of allylic oxidation sites excluding steroid dienone is 1. The van der Waals surface area contributed by atoms with Crippen LogP contribution in [0.2, 0.25) is 0 Å². The van der Waals surface area contributed by atoms with Crippen LogP contribution in [0, 0.1) is 28.1 Å². The molecule has 9 atom stereocenters. The summed E-state index contributed by atoms with van der Waals surface area (Å²) in [6, 6.07) is 3.05. The van der Waals surface area contributed by atoms with Crippen LogP contribution in [-0.4, -0.2) is 46.7 Å². The molecule has 1 aliphatic heterocycles. The molecule has 0 aromatic carbocycles. The van der Waals surface area contributed by atoms with Gasteiger partial charge in [-0.25, -0.2) is 4.79 Å². The lowest BCUT2D eigenvalue weighted by molar-refractivity contribution is -0.155. The number of ether oxygens (including phenoxy) is 2. The second-order valence-corrected chi connectivity index (χ2v) is 13.7. The first-order valence-electron chi connectivity index (χ1n) is 12.4. The maximum atomic E-state index is 13.1. The van der Waals surface area contributed by atoms with Crippen LogP contribution in [0.4, 0.5) is 0 Å². The Morgan fingerprint density at radius 2 is 1.97 bits per heavy atom. The van der Waals surface area contributed by atoms with Crippen LogP contribution in [0.3, 0.4) is 0 Å². The molecule has 35 heavy (non-hydrogen) atoms. The van der Waals surface area contributed by atoms with Gasteiger partial charge in [-0.2, -0.15) is 0 Å². The Morgan fingerprint density at radius 1 is 1.23 bits per heavy atom. The van der Waals surface area contributed by atoms with E-state index in [1.54, 1.807) is 13.2 Å². The van der Waals surface area contributed by atoms with Crippen molar-refractivity contribution in [3.63, 3.8) is 0 Å². The minimum Gasteiger partial charge on any atom is -0.431 e. The molecule has 4 fully saturated rings. The summed E-state index contributed by atoms with van der Waals surface area (Å²) in [7, 11) is 1.71. The average molecular weight is 523 g/mol. The first kappa shape index (κ1) is 24.2. The van der Waals surface area contributed by atoms with E-state index in [0.717, 1.165) is 11.9 Å². The molecule has 5 aliphatic rings. The predicted molar refractivity (Wildman–Crippen MR) is 130 cm³/mol. The second kappa shape index (κ2) is 7.22. The van der Waals surface area contributed by atoms with Crippen molar-refractivity contribution in [3.8, 4) is 0 Å². The van der Waals surface area contributed by atoms with Gasteiger partial charge in [-0.3, -0.25) is 0 Å². The van der Waals surface area contributed by atoms with E-state index in [2.05, 4.69) is 19.9 Å². The van der Waals surface area contributed by atoms with Gasteiger partial charge in [0.2, 0.25) is 0 Å². The third kappa shape index (κ3) is 2.78. The fourth-order valence-corrected chi connectivity index (χ4v) is 10.2. The summed E-state index contributed by atoms with van der Waals surface area (Å²) in [6.45, 7) is 6.35. The predicted octanol–water partition coefficient (Wildman–Crippen LogP) is 4.40. The lowest BCUT2D eigenvalue weighted by Gasteiger charge is -2.61. The highest BCUT2D eigenvalue weighted by atomic mass is 35.5. The second-order valence-electron chi connectivity index (χ2n) is 12.2. The smallest absolute Gasteiger partial charge is 0.335 e. The summed E-state index contributed by atoms with van der Waals surface area (Å²) in [6.07, 6.45) is 6.33. The van der Waals surface area contributed by atoms with Crippen molar-refractivity contribution < 1.29 is 23.8 Å².